The highest BCUT2D eigenvalue weighted by atomic mass is 16.3. The fourth-order valence-electron chi connectivity index (χ4n) is 3.04. The summed E-state index contributed by atoms with van der Waals surface area (Å²) < 4.78 is 0. The molecule has 0 radical (unpaired) electrons. The molecule has 0 saturated carbocycles. The molecule has 1 aliphatic heterocycles. The molecule has 0 amide bonds. The Bertz CT molecular complexity index is 568. The Morgan fingerprint density at radius 1 is 1.26 bits per heavy atom. The summed E-state index contributed by atoms with van der Waals surface area (Å²) >= 11 is 0. The highest BCUT2D eigenvalue weighted by Gasteiger charge is 2.34. The van der Waals surface area contributed by atoms with Crippen LogP contribution in [0.25, 0.3) is 10.8 Å². The predicted octanol–water partition coefficient (Wildman–Crippen LogP) is 2.54. The molecular formula is C16H20N2O. The van der Waals surface area contributed by atoms with Crippen LogP contribution in [-0.4, -0.2) is 34.6 Å². The van der Waals surface area contributed by atoms with Crippen LogP contribution in [0.3, 0.4) is 0 Å². The number of hydrogen-bond donors (Lipinski definition) is 1. The number of pyridine rings is 1. The number of fused-ring (bicyclic) bond motifs is 1. The zero-order valence-electron chi connectivity index (χ0n) is 11.3. The molecular weight excluding hydrogens is 236 g/mol. The molecule has 1 aromatic heterocycles. The third-order valence-electron chi connectivity index (χ3n) is 4.31. The van der Waals surface area contributed by atoms with Gasteiger partial charge in [0.05, 0.1) is 5.60 Å². The lowest BCUT2D eigenvalue weighted by atomic mass is 9.82. The highest BCUT2D eigenvalue weighted by Crippen LogP contribution is 2.36. The van der Waals surface area contributed by atoms with E-state index in [0.29, 0.717) is 0 Å². The van der Waals surface area contributed by atoms with Gasteiger partial charge in [0.15, 0.2) is 0 Å². The van der Waals surface area contributed by atoms with E-state index in [9.17, 15) is 5.11 Å². The van der Waals surface area contributed by atoms with Gasteiger partial charge in [0, 0.05) is 30.9 Å². The molecule has 1 N–H and O–H groups in total. The summed E-state index contributed by atoms with van der Waals surface area (Å²) in [5, 5.41) is 13.2. The second kappa shape index (κ2) is 4.91. The second-order valence-corrected chi connectivity index (χ2v) is 5.37. The molecule has 1 fully saturated rings. The molecule has 100 valence electrons. The highest BCUT2D eigenvalue weighted by molar-refractivity contribution is 5.85. The summed E-state index contributed by atoms with van der Waals surface area (Å²) in [6.07, 6.45) is 5.28. The first-order valence-electron chi connectivity index (χ1n) is 7.01. The molecule has 0 bridgehead atoms. The third-order valence-corrected chi connectivity index (χ3v) is 4.31. The summed E-state index contributed by atoms with van der Waals surface area (Å²) in [6, 6.07) is 8.14. The van der Waals surface area contributed by atoms with E-state index >= 15 is 0 Å². The Morgan fingerprint density at radius 2 is 2.05 bits per heavy atom. The summed E-state index contributed by atoms with van der Waals surface area (Å²) in [5.74, 6) is 0. The standard InChI is InChI=1S/C16H20N2O/c1-2-18-10-7-16(19,8-11-18)15-5-3-4-13-12-17-9-6-14(13)15/h3-6,9,12,19H,2,7-8,10-11H2,1H3. The van der Waals surface area contributed by atoms with Crippen LogP contribution in [-0.2, 0) is 5.60 Å². The number of likely N-dealkylation sites (tertiary alicyclic amines) is 1. The van der Waals surface area contributed by atoms with Gasteiger partial charge in [-0.05, 0) is 36.4 Å². The third kappa shape index (κ3) is 2.24. The van der Waals surface area contributed by atoms with Gasteiger partial charge in [0.25, 0.3) is 0 Å². The van der Waals surface area contributed by atoms with E-state index in [1.807, 2.05) is 18.3 Å². The van der Waals surface area contributed by atoms with E-state index in [-0.39, 0.29) is 0 Å². The minimum absolute atomic E-state index is 0.688. The normalized spacial score (nSPS) is 19.7. The lowest BCUT2D eigenvalue weighted by Gasteiger charge is -2.38. The summed E-state index contributed by atoms with van der Waals surface area (Å²) in [7, 11) is 0. The fourth-order valence-corrected chi connectivity index (χ4v) is 3.04. The predicted molar refractivity (Wildman–Crippen MR) is 77.0 cm³/mol. The molecule has 2 aromatic rings. The molecule has 1 saturated heterocycles. The van der Waals surface area contributed by atoms with Gasteiger partial charge in [-0.3, -0.25) is 4.98 Å². The molecule has 0 aliphatic carbocycles. The second-order valence-electron chi connectivity index (χ2n) is 5.37. The minimum Gasteiger partial charge on any atom is -0.385 e. The van der Waals surface area contributed by atoms with Crippen molar-refractivity contribution in [3.63, 3.8) is 0 Å². The minimum atomic E-state index is -0.688. The molecule has 3 heteroatoms. The van der Waals surface area contributed by atoms with Crippen molar-refractivity contribution < 1.29 is 5.11 Å². The number of benzene rings is 1. The van der Waals surface area contributed by atoms with Crippen molar-refractivity contribution in [1.82, 2.24) is 9.88 Å². The molecule has 19 heavy (non-hydrogen) atoms. The quantitative estimate of drug-likeness (QED) is 0.897. The topological polar surface area (TPSA) is 36.4 Å². The maximum atomic E-state index is 11.0. The Hall–Kier alpha value is -1.45. The number of aromatic nitrogens is 1. The van der Waals surface area contributed by atoms with Gasteiger partial charge in [-0.1, -0.05) is 25.1 Å². The van der Waals surface area contributed by atoms with E-state index < -0.39 is 5.60 Å². The van der Waals surface area contributed by atoms with Crippen LogP contribution in [0.5, 0.6) is 0 Å². The van der Waals surface area contributed by atoms with Crippen LogP contribution >= 0.6 is 0 Å². The van der Waals surface area contributed by atoms with Gasteiger partial charge in [0.1, 0.15) is 0 Å². The number of nitrogens with zero attached hydrogens (tertiary/aromatic N) is 2. The lowest BCUT2D eigenvalue weighted by Crippen LogP contribution is -2.42. The summed E-state index contributed by atoms with van der Waals surface area (Å²) in [4.78, 5) is 6.55. The van der Waals surface area contributed by atoms with Crippen molar-refractivity contribution in [2.24, 2.45) is 0 Å². The number of rotatable bonds is 2. The molecule has 2 heterocycles. The average Bonchev–Trinajstić information content (AvgIpc) is 2.47. The fraction of sp³-hybridized carbons (Fsp3) is 0.438. The van der Waals surface area contributed by atoms with Crippen LogP contribution in [0.15, 0.2) is 36.7 Å². The van der Waals surface area contributed by atoms with Gasteiger partial charge in [0.2, 0.25) is 0 Å². The maximum absolute atomic E-state index is 11.0. The zero-order valence-corrected chi connectivity index (χ0v) is 11.3. The van der Waals surface area contributed by atoms with Crippen molar-refractivity contribution >= 4 is 10.8 Å². The Kier molecular flexibility index (Phi) is 3.25. The van der Waals surface area contributed by atoms with E-state index in [2.05, 4.69) is 28.9 Å². The smallest absolute Gasteiger partial charge is 0.0926 e. The molecule has 0 spiro atoms. The van der Waals surface area contributed by atoms with Gasteiger partial charge < -0.3 is 10.0 Å². The Morgan fingerprint density at radius 3 is 2.79 bits per heavy atom. The van der Waals surface area contributed by atoms with Crippen molar-refractivity contribution in [1.29, 1.82) is 0 Å². The molecule has 3 rings (SSSR count). The van der Waals surface area contributed by atoms with Gasteiger partial charge in [-0.2, -0.15) is 0 Å². The number of piperidine rings is 1. The molecule has 0 unspecified atom stereocenters. The monoisotopic (exact) mass is 256 g/mol. The molecule has 1 aromatic carbocycles. The largest absolute Gasteiger partial charge is 0.385 e. The molecule has 1 aliphatic rings. The number of hydrogen-bond acceptors (Lipinski definition) is 3. The maximum Gasteiger partial charge on any atom is 0.0926 e. The lowest BCUT2D eigenvalue weighted by molar-refractivity contribution is -0.0235. The first-order chi connectivity index (χ1) is 9.23. The summed E-state index contributed by atoms with van der Waals surface area (Å²) in [6.45, 7) is 5.17. The van der Waals surface area contributed by atoms with Gasteiger partial charge in [-0.25, -0.2) is 0 Å². The van der Waals surface area contributed by atoms with Gasteiger partial charge >= 0.3 is 0 Å². The first-order valence-corrected chi connectivity index (χ1v) is 7.01. The van der Waals surface area contributed by atoms with E-state index in [1.54, 1.807) is 6.20 Å². The number of aliphatic hydroxyl groups is 1. The van der Waals surface area contributed by atoms with Crippen LogP contribution < -0.4 is 0 Å². The van der Waals surface area contributed by atoms with Crippen molar-refractivity contribution in [2.45, 2.75) is 25.4 Å². The van der Waals surface area contributed by atoms with Crippen molar-refractivity contribution in [3.05, 3.63) is 42.2 Å². The Labute approximate surface area is 113 Å². The van der Waals surface area contributed by atoms with E-state index in [1.165, 1.54) is 0 Å². The average molecular weight is 256 g/mol. The van der Waals surface area contributed by atoms with Crippen LogP contribution in [0, 0.1) is 0 Å². The Balaban J connectivity index is 2.00. The summed E-state index contributed by atoms with van der Waals surface area (Å²) in [5.41, 5.74) is 0.371. The van der Waals surface area contributed by atoms with Crippen molar-refractivity contribution in [3.8, 4) is 0 Å². The van der Waals surface area contributed by atoms with Crippen LogP contribution in [0.1, 0.15) is 25.3 Å². The zero-order chi connectivity index (χ0) is 13.3. The molecule has 3 nitrogen and oxygen atoms in total. The van der Waals surface area contributed by atoms with E-state index in [4.69, 9.17) is 0 Å². The van der Waals surface area contributed by atoms with Crippen LogP contribution in [0.2, 0.25) is 0 Å². The van der Waals surface area contributed by atoms with Crippen LogP contribution in [0.4, 0.5) is 0 Å². The molecule has 0 atom stereocenters. The van der Waals surface area contributed by atoms with Gasteiger partial charge in [-0.15, -0.1) is 0 Å². The van der Waals surface area contributed by atoms with Crippen molar-refractivity contribution in [2.75, 3.05) is 19.6 Å². The first kappa shape index (κ1) is 12.6. The SMILES string of the molecule is CCN1CCC(O)(c2cccc3cnccc23)CC1. The van der Waals surface area contributed by atoms with E-state index in [0.717, 1.165) is 48.8 Å².